The summed E-state index contributed by atoms with van der Waals surface area (Å²) in [5.41, 5.74) is 0.383. The van der Waals surface area contributed by atoms with Crippen molar-refractivity contribution >= 4 is 5.91 Å². The maximum Gasteiger partial charge on any atom is 0.255 e. The van der Waals surface area contributed by atoms with Crippen LogP contribution < -0.4 is 19.5 Å². The Labute approximate surface area is 138 Å². The molecule has 0 atom stereocenters. The minimum Gasteiger partial charge on any atom is -0.496 e. The van der Waals surface area contributed by atoms with E-state index < -0.39 is 0 Å². The van der Waals surface area contributed by atoms with Crippen molar-refractivity contribution in [2.45, 2.75) is 13.8 Å². The molecule has 0 aliphatic rings. The van der Waals surface area contributed by atoms with Gasteiger partial charge in [0.1, 0.15) is 5.75 Å². The van der Waals surface area contributed by atoms with Crippen molar-refractivity contribution in [1.29, 1.82) is 0 Å². The molecule has 1 N–H and O–H groups in total. The van der Waals surface area contributed by atoms with Gasteiger partial charge in [-0.2, -0.15) is 0 Å². The first-order valence-corrected chi connectivity index (χ1v) is 7.47. The van der Waals surface area contributed by atoms with Gasteiger partial charge in [-0.3, -0.25) is 4.79 Å². The van der Waals surface area contributed by atoms with Crippen LogP contribution >= 0.6 is 0 Å². The number of hydrogen-bond donors (Lipinski definition) is 1. The van der Waals surface area contributed by atoms with Gasteiger partial charge in [0.2, 0.25) is 0 Å². The van der Waals surface area contributed by atoms with Crippen LogP contribution in [0.1, 0.15) is 24.2 Å². The van der Waals surface area contributed by atoms with Gasteiger partial charge in [0.05, 0.1) is 26.9 Å². The molecule has 0 heterocycles. The summed E-state index contributed by atoms with van der Waals surface area (Å²) in [6.45, 7) is 5.65. The number of nitrogens with zero attached hydrogens (tertiary/aromatic N) is 1. The lowest BCUT2D eigenvalue weighted by Crippen LogP contribution is -2.40. The third kappa shape index (κ3) is 5.32. The summed E-state index contributed by atoms with van der Waals surface area (Å²) in [5, 5.41) is 2.97. The molecule has 0 unspecified atom stereocenters. The molecule has 0 bridgehead atoms. The van der Waals surface area contributed by atoms with E-state index in [2.05, 4.69) is 24.1 Å². The largest absolute Gasteiger partial charge is 0.496 e. The fourth-order valence-electron chi connectivity index (χ4n) is 2.53. The lowest BCUT2D eigenvalue weighted by Gasteiger charge is -2.28. The molecule has 0 fully saturated rings. The van der Waals surface area contributed by atoms with E-state index in [-0.39, 0.29) is 11.3 Å². The number of methoxy groups -OCH3 is 3. The quantitative estimate of drug-likeness (QED) is 0.793. The molecule has 23 heavy (non-hydrogen) atoms. The van der Waals surface area contributed by atoms with Crippen LogP contribution in [0.5, 0.6) is 17.2 Å². The number of ether oxygens (including phenoxy) is 3. The summed E-state index contributed by atoms with van der Waals surface area (Å²) in [7, 11) is 8.63. The summed E-state index contributed by atoms with van der Waals surface area (Å²) in [4.78, 5) is 14.6. The van der Waals surface area contributed by atoms with Crippen LogP contribution in [0.3, 0.4) is 0 Å². The molecule has 0 aromatic heterocycles. The van der Waals surface area contributed by atoms with Crippen molar-refractivity contribution in [3.63, 3.8) is 0 Å². The van der Waals surface area contributed by atoms with Crippen LogP contribution in [0.2, 0.25) is 0 Å². The lowest BCUT2D eigenvalue weighted by atomic mass is 9.93. The van der Waals surface area contributed by atoms with Crippen LogP contribution in [0.25, 0.3) is 0 Å². The Hall–Kier alpha value is -1.95. The second-order valence-corrected chi connectivity index (χ2v) is 6.49. The summed E-state index contributed by atoms with van der Waals surface area (Å²) in [5.74, 6) is 1.26. The third-order valence-corrected chi connectivity index (χ3v) is 3.42. The maximum atomic E-state index is 12.5. The number of rotatable bonds is 8. The van der Waals surface area contributed by atoms with Crippen LogP contribution in [-0.4, -0.2) is 59.3 Å². The highest BCUT2D eigenvalue weighted by atomic mass is 16.5. The fraction of sp³-hybridized carbons (Fsp3) is 0.588. The van der Waals surface area contributed by atoms with Crippen LogP contribution in [0, 0.1) is 5.41 Å². The Morgan fingerprint density at radius 2 is 1.57 bits per heavy atom. The van der Waals surface area contributed by atoms with E-state index in [4.69, 9.17) is 14.2 Å². The number of benzene rings is 1. The van der Waals surface area contributed by atoms with Crippen molar-refractivity contribution in [1.82, 2.24) is 10.2 Å². The summed E-state index contributed by atoms with van der Waals surface area (Å²) in [6, 6.07) is 3.28. The van der Waals surface area contributed by atoms with E-state index in [9.17, 15) is 4.79 Å². The molecule has 0 spiro atoms. The van der Waals surface area contributed by atoms with Crippen LogP contribution in [0.15, 0.2) is 12.1 Å². The summed E-state index contributed by atoms with van der Waals surface area (Å²) >= 11 is 0. The average Bonchev–Trinajstić information content (AvgIpc) is 2.49. The minimum atomic E-state index is -0.199. The molecule has 0 radical (unpaired) electrons. The van der Waals surface area contributed by atoms with Gasteiger partial charge in [-0.25, -0.2) is 0 Å². The van der Waals surface area contributed by atoms with Gasteiger partial charge in [-0.1, -0.05) is 13.8 Å². The molecule has 0 saturated heterocycles. The number of carbonyl (C=O) groups excluding carboxylic acids is 1. The van der Waals surface area contributed by atoms with Gasteiger partial charge in [0.15, 0.2) is 11.5 Å². The molecule has 0 saturated carbocycles. The number of hydrogen-bond acceptors (Lipinski definition) is 5. The minimum absolute atomic E-state index is 0.0387. The van der Waals surface area contributed by atoms with E-state index >= 15 is 0 Å². The number of carbonyl (C=O) groups is 1. The first kappa shape index (κ1) is 19.1. The van der Waals surface area contributed by atoms with Crippen molar-refractivity contribution in [3.05, 3.63) is 17.7 Å². The van der Waals surface area contributed by atoms with Gasteiger partial charge in [0.25, 0.3) is 5.91 Å². The zero-order chi connectivity index (χ0) is 17.6. The number of amides is 1. The lowest BCUT2D eigenvalue weighted by molar-refractivity contribution is 0.0925. The molecular weight excluding hydrogens is 296 g/mol. The Morgan fingerprint density at radius 3 is 2.04 bits per heavy atom. The van der Waals surface area contributed by atoms with E-state index in [0.29, 0.717) is 29.4 Å². The molecule has 1 aromatic carbocycles. The topological polar surface area (TPSA) is 60.0 Å². The second kappa shape index (κ2) is 8.06. The highest BCUT2D eigenvalue weighted by molar-refractivity contribution is 5.97. The van der Waals surface area contributed by atoms with Gasteiger partial charge in [-0.15, -0.1) is 0 Å². The average molecular weight is 324 g/mol. The highest BCUT2D eigenvalue weighted by Gasteiger charge is 2.22. The maximum absolute atomic E-state index is 12.5. The first-order valence-electron chi connectivity index (χ1n) is 7.47. The first-order chi connectivity index (χ1) is 10.7. The molecular formula is C17H28N2O4. The standard InChI is InChI=1S/C17H28N2O4/c1-17(2,11-19(3)4)10-18-16(20)12-8-14(22-6)15(23-7)9-13(12)21-5/h8-9H,10-11H2,1-7H3,(H,18,20). The zero-order valence-corrected chi connectivity index (χ0v) is 15.1. The van der Waals surface area contributed by atoms with Crippen molar-refractivity contribution < 1.29 is 19.0 Å². The van der Waals surface area contributed by atoms with Gasteiger partial charge in [0, 0.05) is 25.2 Å². The van der Waals surface area contributed by atoms with Crippen LogP contribution in [-0.2, 0) is 0 Å². The van der Waals surface area contributed by atoms with E-state index in [0.717, 1.165) is 6.54 Å². The van der Waals surface area contributed by atoms with E-state index in [1.54, 1.807) is 19.2 Å². The van der Waals surface area contributed by atoms with Gasteiger partial charge < -0.3 is 24.4 Å². The smallest absolute Gasteiger partial charge is 0.255 e. The molecule has 1 aromatic rings. The highest BCUT2D eigenvalue weighted by Crippen LogP contribution is 2.34. The molecule has 0 aliphatic heterocycles. The zero-order valence-electron chi connectivity index (χ0n) is 15.1. The third-order valence-electron chi connectivity index (χ3n) is 3.42. The molecule has 0 aliphatic carbocycles. The predicted molar refractivity (Wildman–Crippen MR) is 90.8 cm³/mol. The predicted octanol–water partition coefficient (Wildman–Crippen LogP) is 2.03. The molecule has 130 valence electrons. The monoisotopic (exact) mass is 324 g/mol. The van der Waals surface area contributed by atoms with E-state index in [1.807, 2.05) is 14.1 Å². The SMILES string of the molecule is COc1cc(OC)c(C(=O)NCC(C)(C)CN(C)C)cc1OC. The molecule has 6 heteroatoms. The van der Waals surface area contributed by atoms with Crippen molar-refractivity contribution in [2.24, 2.45) is 5.41 Å². The van der Waals surface area contributed by atoms with Gasteiger partial charge >= 0.3 is 0 Å². The summed E-state index contributed by atoms with van der Waals surface area (Å²) in [6.07, 6.45) is 0. The van der Waals surface area contributed by atoms with Crippen molar-refractivity contribution in [3.8, 4) is 17.2 Å². The molecule has 6 nitrogen and oxygen atoms in total. The Morgan fingerprint density at radius 1 is 1.04 bits per heavy atom. The van der Waals surface area contributed by atoms with Crippen LogP contribution in [0.4, 0.5) is 0 Å². The molecule has 1 rings (SSSR count). The van der Waals surface area contributed by atoms with E-state index in [1.165, 1.54) is 14.2 Å². The van der Waals surface area contributed by atoms with Crippen molar-refractivity contribution in [2.75, 3.05) is 48.5 Å². The Balaban J connectivity index is 2.95. The Kier molecular flexibility index (Phi) is 6.69. The summed E-state index contributed by atoms with van der Waals surface area (Å²) < 4.78 is 15.8. The second-order valence-electron chi connectivity index (χ2n) is 6.49. The fourth-order valence-corrected chi connectivity index (χ4v) is 2.53. The number of nitrogens with one attached hydrogen (secondary N) is 1. The van der Waals surface area contributed by atoms with Gasteiger partial charge in [-0.05, 0) is 19.5 Å². The molecule has 1 amide bonds. The Bertz CT molecular complexity index is 542. The normalized spacial score (nSPS) is 11.3.